The normalized spacial score (nSPS) is 21.7. The van der Waals surface area contributed by atoms with Crippen LogP contribution in [0.4, 0.5) is 0 Å². The molecule has 0 aromatic heterocycles. The molecule has 0 fully saturated rings. The van der Waals surface area contributed by atoms with Crippen LogP contribution in [0, 0.1) is 0 Å². The Morgan fingerprint density at radius 2 is 0.725 bits per heavy atom. The van der Waals surface area contributed by atoms with Crippen molar-refractivity contribution in [2.75, 3.05) is 0 Å². The van der Waals surface area contributed by atoms with Gasteiger partial charge in [-0.1, -0.05) is 140 Å². The van der Waals surface area contributed by atoms with Gasteiger partial charge in [0.1, 0.15) is 23.8 Å². The van der Waals surface area contributed by atoms with E-state index in [4.69, 9.17) is 9.98 Å². The fraction of sp³-hybridized carbons (Fsp3) is 0.111. The van der Waals surface area contributed by atoms with Crippen molar-refractivity contribution in [2.24, 2.45) is 9.98 Å². The van der Waals surface area contributed by atoms with E-state index in [9.17, 15) is 0 Å². The van der Waals surface area contributed by atoms with E-state index in [1.807, 2.05) is 0 Å². The van der Waals surface area contributed by atoms with E-state index in [0.717, 1.165) is 22.8 Å². The van der Waals surface area contributed by atoms with Crippen molar-refractivity contribution in [3.05, 3.63) is 179 Å². The lowest BCUT2D eigenvalue weighted by molar-refractivity contribution is 0.572. The number of aliphatic imine (C=N–C) groups is 2. The predicted molar refractivity (Wildman–Crippen MR) is 163 cm³/mol. The average molecular weight is 519 g/mol. The smallest absolute Gasteiger partial charge is 0.129 e. The van der Waals surface area contributed by atoms with E-state index >= 15 is 0 Å². The molecule has 2 heterocycles. The zero-order valence-corrected chi connectivity index (χ0v) is 22.1. The van der Waals surface area contributed by atoms with Crippen LogP contribution >= 0.6 is 0 Å². The third-order valence-corrected chi connectivity index (χ3v) is 7.76. The van der Waals surface area contributed by atoms with Gasteiger partial charge in [-0.05, 0) is 28.3 Å². The molecule has 5 aromatic carbocycles. The Hall–Kier alpha value is -4.96. The molecule has 7 rings (SSSR count). The van der Waals surface area contributed by atoms with Gasteiger partial charge in [0.25, 0.3) is 0 Å². The number of rotatable bonds is 6. The molecule has 0 spiro atoms. The molecule has 4 nitrogen and oxygen atoms in total. The van der Waals surface area contributed by atoms with Crippen LogP contribution in [-0.4, -0.2) is 11.7 Å². The molecule has 5 aromatic rings. The molecule has 0 amide bonds. The van der Waals surface area contributed by atoms with Gasteiger partial charge in [0, 0.05) is 11.1 Å². The second-order valence-corrected chi connectivity index (χ2v) is 10.3. The van der Waals surface area contributed by atoms with E-state index in [1.165, 1.54) is 22.3 Å². The van der Waals surface area contributed by atoms with Crippen LogP contribution in [0.3, 0.4) is 0 Å². The molecule has 0 bridgehead atoms. The van der Waals surface area contributed by atoms with Crippen molar-refractivity contribution in [3.63, 3.8) is 0 Å². The van der Waals surface area contributed by atoms with Crippen LogP contribution in [0.5, 0.6) is 0 Å². The predicted octanol–water partition coefficient (Wildman–Crippen LogP) is 7.35. The summed E-state index contributed by atoms with van der Waals surface area (Å²) >= 11 is 0. The molecule has 0 saturated heterocycles. The van der Waals surface area contributed by atoms with Gasteiger partial charge in [0.2, 0.25) is 0 Å². The first-order valence-electron chi connectivity index (χ1n) is 13.8. The summed E-state index contributed by atoms with van der Waals surface area (Å²) < 4.78 is 0. The quantitative estimate of drug-likeness (QED) is 0.247. The van der Waals surface area contributed by atoms with Gasteiger partial charge < -0.3 is 10.6 Å². The molecule has 2 N–H and O–H groups in total. The van der Waals surface area contributed by atoms with Crippen LogP contribution < -0.4 is 10.6 Å². The van der Waals surface area contributed by atoms with Crippen LogP contribution in [0.25, 0.3) is 0 Å². The van der Waals surface area contributed by atoms with Gasteiger partial charge in [0.15, 0.2) is 0 Å². The van der Waals surface area contributed by atoms with Crippen LogP contribution in [-0.2, 0) is 0 Å². The summed E-state index contributed by atoms with van der Waals surface area (Å²) in [7, 11) is 0. The first-order valence-corrected chi connectivity index (χ1v) is 13.8. The molecular formula is C36H30N4. The van der Waals surface area contributed by atoms with Crippen molar-refractivity contribution >= 4 is 11.7 Å². The van der Waals surface area contributed by atoms with Crippen molar-refractivity contribution in [1.29, 1.82) is 0 Å². The minimum atomic E-state index is -0.00544. The number of nitrogens with zero attached hydrogens (tertiary/aromatic N) is 2. The summed E-state index contributed by atoms with van der Waals surface area (Å²) in [6.07, 6.45) is 0. The maximum atomic E-state index is 5.22. The number of nitrogens with one attached hydrogen (secondary N) is 2. The lowest BCUT2D eigenvalue weighted by Gasteiger charge is -2.20. The van der Waals surface area contributed by atoms with Gasteiger partial charge in [-0.2, -0.15) is 0 Å². The zero-order chi connectivity index (χ0) is 26.7. The molecule has 0 unspecified atom stereocenters. The highest BCUT2D eigenvalue weighted by Crippen LogP contribution is 2.38. The van der Waals surface area contributed by atoms with E-state index in [1.54, 1.807) is 0 Å². The highest BCUT2D eigenvalue weighted by molar-refractivity contribution is 6.05. The molecule has 0 aliphatic carbocycles. The third kappa shape index (κ3) is 4.69. The topological polar surface area (TPSA) is 48.8 Å². The second-order valence-electron chi connectivity index (χ2n) is 10.3. The molecule has 194 valence electrons. The molecule has 4 heteroatoms. The number of hydrogen-bond acceptors (Lipinski definition) is 4. The Labute approximate surface area is 235 Å². The minimum Gasteiger partial charge on any atom is -0.361 e. The standard InChI is InChI=1S/C36H30N4/c1-5-14-25(15-6-1)31-32(26-16-7-2-8-17-26)38-35(37-31)29-22-13-23-30(24-29)36-39-33(27-18-9-3-10-19-27)34(40-36)28-20-11-4-12-21-28/h1-24,31-34H,(H,37,38)(H,39,40)/t31-,32-,33-,34-/m1/s1. The lowest BCUT2D eigenvalue weighted by Crippen LogP contribution is -2.26. The maximum absolute atomic E-state index is 5.22. The first kappa shape index (κ1) is 24.1. The number of benzene rings is 5. The monoisotopic (exact) mass is 518 g/mol. The minimum absolute atomic E-state index is 0.00544. The van der Waals surface area contributed by atoms with E-state index in [0.29, 0.717) is 0 Å². The molecule has 4 atom stereocenters. The Balaban J connectivity index is 1.23. The Morgan fingerprint density at radius 1 is 0.375 bits per heavy atom. The highest BCUT2D eigenvalue weighted by Gasteiger charge is 2.33. The SMILES string of the molecule is c1ccc([C@H]2N=C(c3cccc(C4=N[C@H](c5ccccc5)[C@@H](c5ccccc5)N4)c3)N[C@@H]2c2ccccc2)cc1. The Morgan fingerprint density at radius 3 is 1.10 bits per heavy atom. The molecule has 2 aliphatic rings. The van der Waals surface area contributed by atoms with Crippen LogP contribution in [0.15, 0.2) is 156 Å². The molecule has 40 heavy (non-hydrogen) atoms. The van der Waals surface area contributed by atoms with Crippen molar-refractivity contribution in [1.82, 2.24) is 10.6 Å². The molecule has 0 radical (unpaired) electrons. The van der Waals surface area contributed by atoms with Gasteiger partial charge in [-0.25, -0.2) is 0 Å². The zero-order valence-electron chi connectivity index (χ0n) is 22.1. The fourth-order valence-electron chi connectivity index (χ4n) is 5.77. The van der Waals surface area contributed by atoms with Gasteiger partial charge in [-0.15, -0.1) is 0 Å². The lowest BCUT2D eigenvalue weighted by atomic mass is 9.95. The summed E-state index contributed by atoms with van der Waals surface area (Å²) in [5.74, 6) is 1.81. The van der Waals surface area contributed by atoms with Gasteiger partial charge in [0.05, 0.1) is 12.1 Å². The van der Waals surface area contributed by atoms with Gasteiger partial charge in [-0.3, -0.25) is 9.98 Å². The third-order valence-electron chi connectivity index (χ3n) is 7.76. The van der Waals surface area contributed by atoms with E-state index in [2.05, 4.69) is 156 Å². The summed E-state index contributed by atoms with van der Waals surface area (Å²) in [6, 6.07) is 50.9. The largest absolute Gasteiger partial charge is 0.361 e. The second kappa shape index (κ2) is 10.7. The van der Waals surface area contributed by atoms with Crippen molar-refractivity contribution < 1.29 is 0 Å². The fourth-order valence-corrected chi connectivity index (χ4v) is 5.77. The maximum Gasteiger partial charge on any atom is 0.129 e. The Bertz CT molecular complexity index is 1520. The Kier molecular flexibility index (Phi) is 6.42. The molecular weight excluding hydrogens is 488 g/mol. The van der Waals surface area contributed by atoms with E-state index < -0.39 is 0 Å². The van der Waals surface area contributed by atoms with Crippen LogP contribution in [0.2, 0.25) is 0 Å². The summed E-state index contributed by atoms with van der Waals surface area (Å²) in [6.45, 7) is 0. The van der Waals surface area contributed by atoms with Crippen molar-refractivity contribution in [2.45, 2.75) is 24.2 Å². The molecule has 2 aliphatic heterocycles. The summed E-state index contributed by atoms with van der Waals surface area (Å²) in [5.41, 5.74) is 6.97. The van der Waals surface area contributed by atoms with E-state index in [-0.39, 0.29) is 24.2 Å². The number of amidine groups is 2. The summed E-state index contributed by atoms with van der Waals surface area (Å²) in [5, 5.41) is 7.50. The highest BCUT2D eigenvalue weighted by atomic mass is 15.1. The van der Waals surface area contributed by atoms with Crippen LogP contribution in [0.1, 0.15) is 57.5 Å². The summed E-state index contributed by atoms with van der Waals surface area (Å²) in [4.78, 5) is 10.4. The first-order chi connectivity index (χ1) is 19.8. The van der Waals surface area contributed by atoms with Crippen molar-refractivity contribution in [3.8, 4) is 0 Å². The number of hydrogen-bond donors (Lipinski definition) is 2. The average Bonchev–Trinajstić information content (AvgIpc) is 3.69. The van der Waals surface area contributed by atoms with Gasteiger partial charge >= 0.3 is 0 Å². The molecule has 0 saturated carbocycles.